The fourth-order valence-corrected chi connectivity index (χ4v) is 1.93. The van der Waals surface area contributed by atoms with E-state index in [0.29, 0.717) is 0 Å². The Labute approximate surface area is 126 Å². The van der Waals surface area contributed by atoms with E-state index in [4.69, 9.17) is 5.11 Å². The van der Waals surface area contributed by atoms with Gasteiger partial charge < -0.3 is 10.4 Å². The Morgan fingerprint density at radius 2 is 1.91 bits per heavy atom. The fraction of sp³-hybridized carbons (Fsp3) is 0.467. The summed E-state index contributed by atoms with van der Waals surface area (Å²) in [6, 6.07) is 3.17. The molecule has 0 unspecified atom stereocenters. The minimum atomic E-state index is -4.49. The van der Waals surface area contributed by atoms with Crippen LogP contribution in [0.3, 0.4) is 0 Å². The number of hydrogen-bond acceptors (Lipinski definition) is 2. The molecule has 0 bridgehead atoms. The quantitative estimate of drug-likeness (QED) is 0.848. The molecular formula is C15H18F3NO3. The zero-order valence-corrected chi connectivity index (χ0v) is 12.3. The highest BCUT2D eigenvalue weighted by molar-refractivity contribution is 5.83. The van der Waals surface area contributed by atoms with Crippen molar-refractivity contribution in [3.05, 3.63) is 35.4 Å². The van der Waals surface area contributed by atoms with Gasteiger partial charge in [0.1, 0.15) is 6.04 Å². The van der Waals surface area contributed by atoms with Crippen LogP contribution < -0.4 is 5.32 Å². The Bertz CT molecular complexity index is 541. The minimum Gasteiger partial charge on any atom is -0.480 e. The Hall–Kier alpha value is -2.05. The number of hydrogen-bond donors (Lipinski definition) is 2. The van der Waals surface area contributed by atoms with Crippen molar-refractivity contribution in [1.82, 2.24) is 5.32 Å². The molecule has 0 radical (unpaired) electrons. The molecule has 1 aromatic rings. The highest BCUT2D eigenvalue weighted by Gasteiger charge is 2.31. The largest absolute Gasteiger partial charge is 0.480 e. The average Bonchev–Trinajstić information content (AvgIpc) is 2.36. The van der Waals surface area contributed by atoms with Gasteiger partial charge in [0, 0.05) is 12.8 Å². The monoisotopic (exact) mass is 317 g/mol. The first-order chi connectivity index (χ1) is 10.1. The van der Waals surface area contributed by atoms with Crippen LogP contribution in [0.25, 0.3) is 0 Å². The highest BCUT2D eigenvalue weighted by Crippen LogP contribution is 2.29. The molecule has 0 heterocycles. The van der Waals surface area contributed by atoms with Crippen molar-refractivity contribution in [3.8, 4) is 0 Å². The number of benzene rings is 1. The highest BCUT2D eigenvalue weighted by atomic mass is 19.4. The topological polar surface area (TPSA) is 66.4 Å². The molecule has 1 atom stereocenters. The standard InChI is InChI=1S/C15H18F3NO3/c1-9(2)6-13(20)19-12(14(21)22)8-10-4-3-5-11(7-10)15(16,17)18/h3-5,7,9,12H,6,8H2,1-2H3,(H,19,20)(H,21,22)/t12-/m0/s1. The van der Waals surface area contributed by atoms with Gasteiger partial charge in [-0.15, -0.1) is 0 Å². The fourth-order valence-electron chi connectivity index (χ4n) is 1.93. The molecule has 0 aliphatic carbocycles. The number of amides is 1. The number of nitrogens with one attached hydrogen (secondary N) is 1. The van der Waals surface area contributed by atoms with Crippen LogP contribution in [0.5, 0.6) is 0 Å². The van der Waals surface area contributed by atoms with Crippen molar-refractivity contribution in [2.24, 2.45) is 5.92 Å². The van der Waals surface area contributed by atoms with Crippen molar-refractivity contribution in [3.63, 3.8) is 0 Å². The van der Waals surface area contributed by atoms with Gasteiger partial charge in [-0.2, -0.15) is 13.2 Å². The average molecular weight is 317 g/mol. The number of alkyl halides is 3. The molecule has 0 saturated carbocycles. The van der Waals surface area contributed by atoms with Gasteiger partial charge in [-0.25, -0.2) is 4.79 Å². The number of rotatable bonds is 6. The van der Waals surface area contributed by atoms with E-state index in [1.807, 2.05) is 13.8 Å². The summed E-state index contributed by atoms with van der Waals surface area (Å²) in [6.07, 6.45) is -4.54. The van der Waals surface area contributed by atoms with Gasteiger partial charge in [-0.05, 0) is 17.5 Å². The third-order valence-corrected chi connectivity index (χ3v) is 2.92. The first-order valence-electron chi connectivity index (χ1n) is 6.78. The third-order valence-electron chi connectivity index (χ3n) is 2.92. The maximum atomic E-state index is 12.6. The molecule has 7 heteroatoms. The van der Waals surface area contributed by atoms with Crippen LogP contribution in [-0.2, 0) is 22.2 Å². The molecule has 0 saturated heterocycles. The second-order valence-electron chi connectivity index (χ2n) is 5.46. The van der Waals surface area contributed by atoms with Crippen LogP contribution in [0, 0.1) is 5.92 Å². The number of aliphatic carboxylic acids is 1. The van der Waals surface area contributed by atoms with Gasteiger partial charge in [0.15, 0.2) is 0 Å². The Morgan fingerprint density at radius 3 is 2.41 bits per heavy atom. The Kier molecular flexibility index (Phi) is 5.96. The lowest BCUT2D eigenvalue weighted by Gasteiger charge is -2.16. The summed E-state index contributed by atoms with van der Waals surface area (Å²) < 4.78 is 37.9. The predicted molar refractivity (Wildman–Crippen MR) is 74.2 cm³/mol. The first kappa shape index (κ1) is 18.0. The second kappa shape index (κ2) is 7.29. The number of carboxylic acid groups (broad SMARTS) is 1. The molecule has 122 valence electrons. The summed E-state index contributed by atoms with van der Waals surface area (Å²) in [5.41, 5.74) is -0.644. The van der Waals surface area contributed by atoms with Crippen LogP contribution in [-0.4, -0.2) is 23.0 Å². The second-order valence-corrected chi connectivity index (χ2v) is 5.46. The molecule has 22 heavy (non-hydrogen) atoms. The van der Waals surface area contributed by atoms with Gasteiger partial charge in [0.05, 0.1) is 5.56 Å². The van der Waals surface area contributed by atoms with Gasteiger partial charge in [0.25, 0.3) is 0 Å². The number of carbonyl (C=O) groups excluding carboxylic acids is 1. The van der Waals surface area contributed by atoms with E-state index < -0.39 is 29.7 Å². The Balaban J connectivity index is 2.84. The molecule has 2 N–H and O–H groups in total. The van der Waals surface area contributed by atoms with E-state index in [-0.39, 0.29) is 24.3 Å². The van der Waals surface area contributed by atoms with E-state index in [2.05, 4.69) is 5.32 Å². The van der Waals surface area contributed by atoms with Crippen molar-refractivity contribution < 1.29 is 27.9 Å². The smallest absolute Gasteiger partial charge is 0.416 e. The zero-order valence-electron chi connectivity index (χ0n) is 12.3. The lowest BCUT2D eigenvalue weighted by molar-refractivity contribution is -0.141. The lowest BCUT2D eigenvalue weighted by Crippen LogP contribution is -2.42. The molecule has 1 amide bonds. The van der Waals surface area contributed by atoms with Crippen LogP contribution >= 0.6 is 0 Å². The maximum Gasteiger partial charge on any atom is 0.416 e. The van der Waals surface area contributed by atoms with E-state index in [1.54, 1.807) is 0 Å². The third kappa shape index (κ3) is 5.75. The van der Waals surface area contributed by atoms with Crippen molar-refractivity contribution in [2.75, 3.05) is 0 Å². The molecule has 0 aliphatic heterocycles. The summed E-state index contributed by atoms with van der Waals surface area (Å²) in [6.45, 7) is 3.62. The molecule has 4 nitrogen and oxygen atoms in total. The summed E-state index contributed by atoms with van der Waals surface area (Å²) in [5, 5.41) is 11.4. The van der Waals surface area contributed by atoms with Crippen LogP contribution in [0.4, 0.5) is 13.2 Å². The minimum absolute atomic E-state index is 0.0583. The molecule has 1 aromatic carbocycles. The van der Waals surface area contributed by atoms with E-state index in [9.17, 15) is 22.8 Å². The van der Waals surface area contributed by atoms with Crippen molar-refractivity contribution in [1.29, 1.82) is 0 Å². The molecule has 0 spiro atoms. The van der Waals surface area contributed by atoms with Crippen LogP contribution in [0.1, 0.15) is 31.4 Å². The molecule has 1 rings (SSSR count). The van der Waals surface area contributed by atoms with Gasteiger partial charge in [-0.1, -0.05) is 32.0 Å². The van der Waals surface area contributed by atoms with Gasteiger partial charge in [-0.3, -0.25) is 4.79 Å². The van der Waals surface area contributed by atoms with Crippen molar-refractivity contribution in [2.45, 2.75) is 38.9 Å². The van der Waals surface area contributed by atoms with Crippen molar-refractivity contribution >= 4 is 11.9 Å². The number of carboxylic acids is 1. The van der Waals surface area contributed by atoms with E-state index >= 15 is 0 Å². The normalized spacial score (nSPS) is 13.0. The van der Waals surface area contributed by atoms with Gasteiger partial charge >= 0.3 is 12.1 Å². The Morgan fingerprint density at radius 1 is 1.27 bits per heavy atom. The summed E-state index contributed by atoms with van der Waals surface area (Å²) in [7, 11) is 0. The van der Waals surface area contributed by atoms with Crippen LogP contribution in [0.2, 0.25) is 0 Å². The SMILES string of the molecule is CC(C)CC(=O)N[C@@H](Cc1cccc(C(F)(F)F)c1)C(=O)O. The number of carbonyl (C=O) groups is 2. The molecule has 0 aliphatic rings. The summed E-state index contributed by atoms with van der Waals surface area (Å²) in [5.74, 6) is -1.66. The van der Waals surface area contributed by atoms with Gasteiger partial charge in [0.2, 0.25) is 5.91 Å². The number of halogens is 3. The zero-order chi connectivity index (χ0) is 16.9. The first-order valence-corrected chi connectivity index (χ1v) is 6.78. The summed E-state index contributed by atoms with van der Waals surface area (Å²) in [4.78, 5) is 22.8. The molecule has 0 fully saturated rings. The summed E-state index contributed by atoms with van der Waals surface area (Å²) >= 11 is 0. The predicted octanol–water partition coefficient (Wildman–Crippen LogP) is 2.86. The van der Waals surface area contributed by atoms with Crippen LogP contribution in [0.15, 0.2) is 24.3 Å². The van der Waals surface area contributed by atoms with E-state index in [0.717, 1.165) is 12.1 Å². The lowest BCUT2D eigenvalue weighted by atomic mass is 10.0. The van der Waals surface area contributed by atoms with E-state index in [1.165, 1.54) is 12.1 Å². The molecular weight excluding hydrogens is 299 g/mol. The molecule has 0 aromatic heterocycles. The maximum absolute atomic E-state index is 12.6.